The number of pyridine rings is 1. The molecule has 3 aromatic heterocycles. The molecule has 31 heavy (non-hydrogen) atoms. The van der Waals surface area contributed by atoms with Gasteiger partial charge in [0.15, 0.2) is 11.3 Å². The van der Waals surface area contributed by atoms with Gasteiger partial charge in [-0.2, -0.15) is 0 Å². The highest BCUT2D eigenvalue weighted by Crippen LogP contribution is 2.31. The first kappa shape index (κ1) is 17.8. The zero-order chi connectivity index (χ0) is 21.1. The summed E-state index contributed by atoms with van der Waals surface area (Å²) in [4.78, 5) is 23.7. The van der Waals surface area contributed by atoms with Crippen molar-refractivity contribution in [3.8, 4) is 11.4 Å². The van der Waals surface area contributed by atoms with Crippen LogP contribution in [0.1, 0.15) is 12.5 Å². The van der Waals surface area contributed by atoms with Crippen LogP contribution in [0.2, 0.25) is 0 Å². The molecule has 0 fully saturated rings. The molecule has 6 rings (SSSR count). The van der Waals surface area contributed by atoms with Gasteiger partial charge in [-0.15, -0.1) is 0 Å². The number of hydrogen-bond donors (Lipinski definition) is 0. The summed E-state index contributed by atoms with van der Waals surface area (Å²) in [5.74, 6) is 0.797. The minimum atomic E-state index is -0.0283. The molecule has 0 unspecified atom stereocenters. The molecule has 0 spiro atoms. The molecule has 0 saturated carbocycles. The highest BCUT2D eigenvalue weighted by molar-refractivity contribution is 6.02. The highest BCUT2D eigenvalue weighted by atomic mass is 16.1. The van der Waals surface area contributed by atoms with Crippen molar-refractivity contribution in [3.05, 3.63) is 88.6 Å². The monoisotopic (exact) mass is 404 g/mol. The number of nitrogens with zero attached hydrogens (tertiary/aromatic N) is 4. The summed E-state index contributed by atoms with van der Waals surface area (Å²) >= 11 is 0. The lowest BCUT2D eigenvalue weighted by molar-refractivity contribution is 0.808. The summed E-state index contributed by atoms with van der Waals surface area (Å²) < 4.78 is 4.16. The Morgan fingerprint density at radius 2 is 1.52 bits per heavy atom. The SMILES string of the molecule is CCn1c2ccccc2c(=O)c2c1nc(-c1ccccc1C)n1c3ccccc3nc21. The van der Waals surface area contributed by atoms with Crippen LogP contribution in [0.3, 0.4) is 0 Å². The molecule has 6 aromatic rings. The number of imidazole rings is 1. The number of rotatable bonds is 2. The van der Waals surface area contributed by atoms with Gasteiger partial charge in [-0.05, 0) is 43.7 Å². The van der Waals surface area contributed by atoms with Gasteiger partial charge in [0.2, 0.25) is 5.43 Å². The molecule has 0 radical (unpaired) electrons. The lowest BCUT2D eigenvalue weighted by Crippen LogP contribution is -2.15. The number of benzene rings is 3. The van der Waals surface area contributed by atoms with E-state index in [2.05, 4.69) is 30.5 Å². The Morgan fingerprint density at radius 1 is 0.806 bits per heavy atom. The second kappa shape index (κ2) is 6.51. The maximum Gasteiger partial charge on any atom is 0.202 e. The quantitative estimate of drug-likeness (QED) is 0.366. The van der Waals surface area contributed by atoms with E-state index >= 15 is 0 Å². The second-order valence-electron chi connectivity index (χ2n) is 7.80. The van der Waals surface area contributed by atoms with Crippen molar-refractivity contribution in [2.45, 2.75) is 20.4 Å². The van der Waals surface area contributed by atoms with Gasteiger partial charge in [-0.1, -0.05) is 48.5 Å². The Bertz CT molecular complexity index is 1710. The van der Waals surface area contributed by atoms with E-state index < -0.39 is 0 Å². The van der Waals surface area contributed by atoms with Gasteiger partial charge >= 0.3 is 0 Å². The molecule has 0 atom stereocenters. The second-order valence-corrected chi connectivity index (χ2v) is 7.80. The van der Waals surface area contributed by atoms with Gasteiger partial charge in [0.05, 0.1) is 16.6 Å². The molecule has 0 aliphatic rings. The summed E-state index contributed by atoms with van der Waals surface area (Å²) in [7, 11) is 0. The molecule has 5 nitrogen and oxygen atoms in total. The summed E-state index contributed by atoms with van der Waals surface area (Å²) in [6.45, 7) is 4.87. The molecule has 0 aliphatic heterocycles. The molecule has 0 saturated heterocycles. The van der Waals surface area contributed by atoms with E-state index in [1.54, 1.807) is 0 Å². The topological polar surface area (TPSA) is 52.2 Å². The van der Waals surface area contributed by atoms with Crippen LogP contribution in [0.5, 0.6) is 0 Å². The third kappa shape index (κ3) is 2.40. The Labute approximate surface area is 178 Å². The maximum atomic E-state index is 13.7. The maximum absolute atomic E-state index is 13.7. The van der Waals surface area contributed by atoms with E-state index in [0.29, 0.717) is 28.6 Å². The summed E-state index contributed by atoms with van der Waals surface area (Å²) in [6.07, 6.45) is 0. The number of hydrogen-bond acceptors (Lipinski definition) is 3. The first-order valence-electron chi connectivity index (χ1n) is 10.5. The molecular formula is C26H20N4O. The van der Waals surface area contributed by atoms with Gasteiger partial charge in [-0.3, -0.25) is 9.20 Å². The number of para-hydroxylation sites is 3. The van der Waals surface area contributed by atoms with E-state index in [-0.39, 0.29) is 5.43 Å². The van der Waals surface area contributed by atoms with Crippen molar-refractivity contribution in [3.63, 3.8) is 0 Å². The molecule has 0 bridgehead atoms. The highest BCUT2D eigenvalue weighted by Gasteiger charge is 2.21. The molecule has 0 amide bonds. The van der Waals surface area contributed by atoms with Crippen LogP contribution in [-0.2, 0) is 6.54 Å². The molecule has 0 N–H and O–H groups in total. The third-order valence-electron chi connectivity index (χ3n) is 6.06. The van der Waals surface area contributed by atoms with Crippen LogP contribution in [0, 0.1) is 6.92 Å². The molecule has 0 aliphatic carbocycles. The van der Waals surface area contributed by atoms with Crippen molar-refractivity contribution in [2.75, 3.05) is 0 Å². The predicted molar refractivity (Wildman–Crippen MR) is 126 cm³/mol. The lowest BCUT2D eigenvalue weighted by atomic mass is 10.1. The smallest absolute Gasteiger partial charge is 0.202 e. The molecule has 150 valence electrons. The average Bonchev–Trinajstić information content (AvgIpc) is 3.19. The lowest BCUT2D eigenvalue weighted by Gasteiger charge is -2.16. The van der Waals surface area contributed by atoms with Crippen LogP contribution < -0.4 is 5.43 Å². The summed E-state index contributed by atoms with van der Waals surface area (Å²) in [5, 5.41) is 1.25. The van der Waals surface area contributed by atoms with E-state index in [9.17, 15) is 4.79 Å². The first-order valence-corrected chi connectivity index (χ1v) is 10.5. The standard InChI is InChI=1S/C26H20N4O/c1-3-29-20-14-8-6-12-18(20)23(31)22-25(29)28-24(17-11-5-4-10-16(17)2)30-21-15-9-7-13-19(21)27-26(22)30/h4-15H,3H2,1-2H3. The fraction of sp³-hybridized carbons (Fsp3) is 0.115. The first-order chi connectivity index (χ1) is 15.2. The van der Waals surface area contributed by atoms with Crippen LogP contribution >= 0.6 is 0 Å². The van der Waals surface area contributed by atoms with E-state index in [0.717, 1.165) is 33.5 Å². The number of aryl methyl sites for hydroxylation is 2. The van der Waals surface area contributed by atoms with Crippen molar-refractivity contribution in [1.29, 1.82) is 0 Å². The summed E-state index contributed by atoms with van der Waals surface area (Å²) in [5.41, 5.74) is 6.14. The fourth-order valence-electron chi connectivity index (χ4n) is 4.59. The zero-order valence-corrected chi connectivity index (χ0v) is 17.3. The van der Waals surface area contributed by atoms with Gasteiger partial charge in [0.25, 0.3) is 0 Å². The van der Waals surface area contributed by atoms with Gasteiger partial charge < -0.3 is 4.57 Å². The van der Waals surface area contributed by atoms with Crippen LogP contribution in [0.15, 0.2) is 77.6 Å². The van der Waals surface area contributed by atoms with E-state index in [1.807, 2.05) is 65.1 Å². The molecular weight excluding hydrogens is 384 g/mol. The van der Waals surface area contributed by atoms with Crippen molar-refractivity contribution in [2.24, 2.45) is 0 Å². The predicted octanol–water partition coefficient (Wildman–Crippen LogP) is 5.35. The number of fused-ring (bicyclic) bond motifs is 6. The van der Waals surface area contributed by atoms with E-state index in [1.165, 1.54) is 0 Å². The third-order valence-corrected chi connectivity index (χ3v) is 6.06. The van der Waals surface area contributed by atoms with Crippen molar-refractivity contribution in [1.82, 2.24) is 18.9 Å². The largest absolute Gasteiger partial charge is 0.325 e. The minimum absolute atomic E-state index is 0.0283. The number of aromatic nitrogens is 4. The van der Waals surface area contributed by atoms with Crippen LogP contribution in [0.4, 0.5) is 0 Å². The van der Waals surface area contributed by atoms with Gasteiger partial charge in [0, 0.05) is 17.5 Å². The van der Waals surface area contributed by atoms with Crippen LogP contribution in [-0.4, -0.2) is 18.9 Å². The van der Waals surface area contributed by atoms with E-state index in [4.69, 9.17) is 9.97 Å². The molecule has 3 aromatic carbocycles. The fourth-order valence-corrected chi connectivity index (χ4v) is 4.59. The van der Waals surface area contributed by atoms with Crippen LogP contribution in [0.25, 0.3) is 50.0 Å². The normalized spacial score (nSPS) is 11.8. The Balaban J connectivity index is 1.96. The van der Waals surface area contributed by atoms with Crippen molar-refractivity contribution < 1.29 is 0 Å². The van der Waals surface area contributed by atoms with Crippen molar-refractivity contribution >= 4 is 38.6 Å². The minimum Gasteiger partial charge on any atom is -0.325 e. The van der Waals surface area contributed by atoms with Gasteiger partial charge in [-0.25, -0.2) is 9.97 Å². The average molecular weight is 404 g/mol. The Hall–Kier alpha value is -3.99. The Kier molecular flexibility index (Phi) is 3.74. The molecule has 5 heteroatoms. The summed E-state index contributed by atoms with van der Waals surface area (Å²) in [6, 6.07) is 23.9. The molecule has 3 heterocycles. The van der Waals surface area contributed by atoms with Gasteiger partial charge in [0.1, 0.15) is 11.2 Å². The Morgan fingerprint density at radius 3 is 2.32 bits per heavy atom. The zero-order valence-electron chi connectivity index (χ0n) is 17.3.